The van der Waals surface area contributed by atoms with Crippen molar-refractivity contribution in [3.05, 3.63) is 54.1 Å². The number of nitrogens with zero attached hydrogens (tertiary/aromatic N) is 1. The van der Waals surface area contributed by atoms with E-state index in [0.29, 0.717) is 22.7 Å². The topological polar surface area (TPSA) is 87.7 Å². The number of carbonyl (C=O) groups is 3. The molecule has 7 heteroatoms. The zero-order chi connectivity index (χ0) is 18.5. The molecule has 0 saturated carbocycles. The molecule has 0 unspecified atom stereocenters. The number of amides is 3. The molecule has 3 amide bonds. The lowest BCUT2D eigenvalue weighted by Gasteiger charge is -2.29. The molecular weight excluding hydrogens is 334 g/mol. The van der Waals surface area contributed by atoms with Crippen molar-refractivity contribution >= 4 is 29.1 Å². The van der Waals surface area contributed by atoms with Crippen molar-refractivity contribution in [1.82, 2.24) is 5.32 Å². The summed E-state index contributed by atoms with van der Waals surface area (Å²) in [4.78, 5) is 37.4. The van der Waals surface area contributed by atoms with Gasteiger partial charge in [-0.05, 0) is 36.4 Å². The number of benzene rings is 2. The van der Waals surface area contributed by atoms with Crippen LogP contribution in [0.5, 0.6) is 5.75 Å². The molecule has 2 N–H and O–H groups in total. The summed E-state index contributed by atoms with van der Waals surface area (Å²) in [6, 6.07) is 13.8. The van der Waals surface area contributed by atoms with Gasteiger partial charge in [-0.1, -0.05) is 12.1 Å². The van der Waals surface area contributed by atoms with Crippen LogP contribution in [0.3, 0.4) is 0 Å². The van der Waals surface area contributed by atoms with Crippen LogP contribution in [0, 0.1) is 0 Å². The molecule has 1 aliphatic rings. The van der Waals surface area contributed by atoms with E-state index >= 15 is 0 Å². The lowest BCUT2D eigenvalue weighted by Crippen LogP contribution is -2.40. The minimum absolute atomic E-state index is 0.0282. The van der Waals surface area contributed by atoms with Gasteiger partial charge in [0, 0.05) is 31.3 Å². The van der Waals surface area contributed by atoms with Gasteiger partial charge in [0.2, 0.25) is 5.91 Å². The van der Waals surface area contributed by atoms with Gasteiger partial charge in [-0.3, -0.25) is 14.4 Å². The summed E-state index contributed by atoms with van der Waals surface area (Å²) in [6.45, 7) is 0.237. The summed E-state index contributed by atoms with van der Waals surface area (Å²) in [5.74, 6) is 0.0607. The lowest BCUT2D eigenvalue weighted by molar-refractivity contribution is -0.121. The van der Waals surface area contributed by atoms with E-state index in [1.54, 1.807) is 48.3 Å². The van der Waals surface area contributed by atoms with Crippen LogP contribution < -0.4 is 20.3 Å². The van der Waals surface area contributed by atoms with Crippen molar-refractivity contribution in [2.75, 3.05) is 30.4 Å². The Morgan fingerprint density at radius 3 is 2.58 bits per heavy atom. The van der Waals surface area contributed by atoms with Crippen molar-refractivity contribution in [2.24, 2.45) is 0 Å². The maximum absolute atomic E-state index is 12.2. The third kappa shape index (κ3) is 3.83. The second kappa shape index (κ2) is 7.69. The van der Waals surface area contributed by atoms with Gasteiger partial charge in [-0.2, -0.15) is 0 Å². The Balaban J connectivity index is 1.59. The second-order valence-corrected chi connectivity index (χ2v) is 5.76. The number of rotatable bonds is 5. The van der Waals surface area contributed by atoms with Crippen LogP contribution in [0.15, 0.2) is 48.5 Å². The number of carbonyl (C=O) groups excluding carboxylic acids is 3. The Morgan fingerprint density at radius 1 is 1.12 bits per heavy atom. The van der Waals surface area contributed by atoms with Crippen LogP contribution in [0.1, 0.15) is 16.8 Å². The SMILES string of the molecule is CNC(=O)c1ccc(NC(=O)CCN2C(=O)COc3ccccc32)cc1. The summed E-state index contributed by atoms with van der Waals surface area (Å²) in [6.07, 6.45) is 0.150. The van der Waals surface area contributed by atoms with Gasteiger partial charge in [-0.15, -0.1) is 0 Å². The van der Waals surface area contributed by atoms with Crippen LogP contribution >= 0.6 is 0 Å². The van der Waals surface area contributed by atoms with E-state index in [4.69, 9.17) is 4.74 Å². The number of nitrogens with one attached hydrogen (secondary N) is 2. The Morgan fingerprint density at radius 2 is 1.85 bits per heavy atom. The van der Waals surface area contributed by atoms with Gasteiger partial charge in [0.1, 0.15) is 5.75 Å². The molecule has 3 rings (SSSR count). The van der Waals surface area contributed by atoms with Gasteiger partial charge >= 0.3 is 0 Å². The molecule has 1 aliphatic heterocycles. The predicted octanol–water partition coefficient (Wildman–Crippen LogP) is 1.80. The largest absolute Gasteiger partial charge is 0.482 e. The highest BCUT2D eigenvalue weighted by Gasteiger charge is 2.25. The van der Waals surface area contributed by atoms with Gasteiger partial charge in [0.25, 0.3) is 11.8 Å². The molecule has 134 valence electrons. The van der Waals surface area contributed by atoms with Gasteiger partial charge < -0.3 is 20.3 Å². The van der Waals surface area contributed by atoms with E-state index in [9.17, 15) is 14.4 Å². The Labute approximate surface area is 150 Å². The Kier molecular flexibility index (Phi) is 5.17. The first-order valence-corrected chi connectivity index (χ1v) is 8.22. The van der Waals surface area contributed by atoms with Crippen LogP contribution in [0.2, 0.25) is 0 Å². The molecule has 2 aromatic carbocycles. The monoisotopic (exact) mass is 353 g/mol. The van der Waals surface area contributed by atoms with E-state index in [2.05, 4.69) is 10.6 Å². The van der Waals surface area contributed by atoms with Gasteiger partial charge in [0.15, 0.2) is 6.61 Å². The average molecular weight is 353 g/mol. The van der Waals surface area contributed by atoms with Crippen LogP contribution in [0.4, 0.5) is 11.4 Å². The Hall–Kier alpha value is -3.35. The first-order chi connectivity index (χ1) is 12.6. The van der Waals surface area contributed by atoms with E-state index in [0.717, 1.165) is 0 Å². The molecule has 0 aromatic heterocycles. The van der Waals surface area contributed by atoms with Crippen LogP contribution in [0.25, 0.3) is 0 Å². The van der Waals surface area contributed by atoms with Crippen molar-refractivity contribution in [3.63, 3.8) is 0 Å². The maximum Gasteiger partial charge on any atom is 0.265 e. The third-order valence-corrected chi connectivity index (χ3v) is 4.03. The summed E-state index contributed by atoms with van der Waals surface area (Å²) in [7, 11) is 1.56. The number of hydrogen-bond acceptors (Lipinski definition) is 4. The van der Waals surface area contributed by atoms with Gasteiger partial charge in [0.05, 0.1) is 5.69 Å². The predicted molar refractivity (Wildman–Crippen MR) is 97.4 cm³/mol. The number of ether oxygens (including phenoxy) is 1. The molecule has 2 aromatic rings. The van der Waals surface area contributed by atoms with E-state index in [-0.39, 0.29) is 37.3 Å². The Bertz CT molecular complexity index is 833. The number of anilines is 2. The molecule has 0 spiro atoms. The minimum Gasteiger partial charge on any atom is -0.482 e. The molecular formula is C19H19N3O4. The molecule has 0 aliphatic carbocycles. The summed E-state index contributed by atoms with van der Waals surface area (Å²) < 4.78 is 5.38. The fourth-order valence-corrected chi connectivity index (χ4v) is 2.69. The summed E-state index contributed by atoms with van der Waals surface area (Å²) >= 11 is 0. The quantitative estimate of drug-likeness (QED) is 0.858. The number of para-hydroxylation sites is 2. The van der Waals surface area contributed by atoms with Crippen molar-refractivity contribution < 1.29 is 19.1 Å². The molecule has 7 nitrogen and oxygen atoms in total. The maximum atomic E-state index is 12.2. The third-order valence-electron chi connectivity index (χ3n) is 4.03. The molecule has 0 bridgehead atoms. The lowest BCUT2D eigenvalue weighted by atomic mass is 10.2. The van der Waals surface area contributed by atoms with Crippen LogP contribution in [-0.2, 0) is 9.59 Å². The first-order valence-electron chi connectivity index (χ1n) is 8.22. The average Bonchev–Trinajstić information content (AvgIpc) is 2.67. The number of fused-ring (bicyclic) bond motifs is 1. The van der Waals surface area contributed by atoms with Crippen molar-refractivity contribution in [1.29, 1.82) is 0 Å². The highest BCUT2D eigenvalue weighted by molar-refractivity contribution is 5.99. The summed E-state index contributed by atoms with van der Waals surface area (Å²) in [5.41, 5.74) is 1.78. The van der Waals surface area contributed by atoms with E-state index < -0.39 is 0 Å². The van der Waals surface area contributed by atoms with Crippen LogP contribution in [-0.4, -0.2) is 37.9 Å². The zero-order valence-corrected chi connectivity index (χ0v) is 14.3. The second-order valence-electron chi connectivity index (χ2n) is 5.76. The normalized spacial score (nSPS) is 12.8. The fraction of sp³-hybridized carbons (Fsp3) is 0.211. The van der Waals surface area contributed by atoms with E-state index in [1.807, 2.05) is 12.1 Å². The smallest absolute Gasteiger partial charge is 0.265 e. The zero-order valence-electron chi connectivity index (χ0n) is 14.3. The molecule has 1 heterocycles. The number of hydrogen-bond donors (Lipinski definition) is 2. The minimum atomic E-state index is -0.213. The molecule has 0 atom stereocenters. The standard InChI is InChI=1S/C19H19N3O4/c1-20-19(25)13-6-8-14(9-7-13)21-17(23)10-11-22-15-4-2-3-5-16(15)26-12-18(22)24/h2-9H,10-12H2,1H3,(H,20,25)(H,21,23). The van der Waals surface area contributed by atoms with Crippen molar-refractivity contribution in [2.45, 2.75) is 6.42 Å². The fourth-order valence-electron chi connectivity index (χ4n) is 2.69. The molecule has 0 radical (unpaired) electrons. The van der Waals surface area contributed by atoms with Gasteiger partial charge in [-0.25, -0.2) is 0 Å². The molecule has 0 saturated heterocycles. The highest BCUT2D eigenvalue weighted by atomic mass is 16.5. The van der Waals surface area contributed by atoms with Crippen molar-refractivity contribution in [3.8, 4) is 5.75 Å². The van der Waals surface area contributed by atoms with E-state index in [1.165, 1.54) is 0 Å². The molecule has 0 fully saturated rings. The highest BCUT2D eigenvalue weighted by Crippen LogP contribution is 2.31. The first kappa shape index (κ1) is 17.5. The molecule has 26 heavy (non-hydrogen) atoms. The summed E-state index contributed by atoms with van der Waals surface area (Å²) in [5, 5.41) is 5.30.